The topological polar surface area (TPSA) is 93.5 Å². The van der Waals surface area contributed by atoms with Crippen LogP contribution in [0.1, 0.15) is 44.4 Å². The molecule has 6 rings (SSSR count). The third-order valence-electron chi connectivity index (χ3n) is 8.06. The Morgan fingerprint density at radius 1 is 1.16 bits per heavy atom. The second-order valence-electron chi connectivity index (χ2n) is 11.2. The maximum absolute atomic E-state index is 16.1. The molecule has 9 nitrogen and oxygen atoms in total. The van der Waals surface area contributed by atoms with E-state index in [-0.39, 0.29) is 52.6 Å². The van der Waals surface area contributed by atoms with Gasteiger partial charge in [0, 0.05) is 43.5 Å². The number of hydrogen-bond acceptors (Lipinski definition) is 7. The van der Waals surface area contributed by atoms with Crippen molar-refractivity contribution in [3.8, 4) is 22.7 Å². The summed E-state index contributed by atoms with van der Waals surface area (Å²) in [5.74, 6) is -0.971. The number of pyridine rings is 2. The second-order valence-corrected chi connectivity index (χ2v) is 11.2. The van der Waals surface area contributed by atoms with Crippen LogP contribution in [0.3, 0.4) is 0 Å². The van der Waals surface area contributed by atoms with Gasteiger partial charge in [-0.05, 0) is 49.5 Å². The molecule has 0 spiro atoms. The zero-order chi connectivity index (χ0) is 30.4. The van der Waals surface area contributed by atoms with Gasteiger partial charge in [0.25, 0.3) is 0 Å². The van der Waals surface area contributed by atoms with Crippen LogP contribution >= 0.6 is 0 Å². The maximum atomic E-state index is 16.1. The van der Waals surface area contributed by atoms with Crippen molar-refractivity contribution in [3.05, 3.63) is 82.6 Å². The summed E-state index contributed by atoms with van der Waals surface area (Å²) in [6, 6.07) is 7.33. The lowest BCUT2D eigenvalue weighted by molar-refractivity contribution is -0.126. The molecule has 4 aromatic rings. The summed E-state index contributed by atoms with van der Waals surface area (Å²) < 4.78 is 39.1. The van der Waals surface area contributed by atoms with Gasteiger partial charge >= 0.3 is 5.69 Å². The van der Waals surface area contributed by atoms with E-state index in [9.17, 15) is 9.59 Å². The minimum atomic E-state index is -0.732. The van der Waals surface area contributed by atoms with Crippen molar-refractivity contribution >= 4 is 22.8 Å². The van der Waals surface area contributed by atoms with Gasteiger partial charge in [-0.15, -0.1) is 0 Å². The zero-order valence-electron chi connectivity index (χ0n) is 24.3. The van der Waals surface area contributed by atoms with Crippen molar-refractivity contribution < 1.29 is 18.3 Å². The lowest BCUT2D eigenvalue weighted by Crippen LogP contribution is -2.54. The van der Waals surface area contributed by atoms with Crippen molar-refractivity contribution in [2.45, 2.75) is 45.6 Å². The first-order chi connectivity index (χ1) is 20.7. The first kappa shape index (κ1) is 28.4. The highest BCUT2D eigenvalue weighted by Crippen LogP contribution is 2.37. The van der Waals surface area contributed by atoms with Crippen LogP contribution < -0.4 is 15.3 Å². The van der Waals surface area contributed by atoms with E-state index in [2.05, 4.69) is 16.5 Å². The molecular formula is C32H32F2N6O3. The maximum Gasteiger partial charge on any atom is 0.356 e. The van der Waals surface area contributed by atoms with Crippen LogP contribution in [-0.4, -0.2) is 62.6 Å². The van der Waals surface area contributed by atoms with Crippen molar-refractivity contribution in [3.63, 3.8) is 0 Å². The predicted molar refractivity (Wildman–Crippen MR) is 160 cm³/mol. The Hall–Kier alpha value is -4.67. The van der Waals surface area contributed by atoms with E-state index in [1.165, 1.54) is 22.8 Å². The van der Waals surface area contributed by atoms with Crippen LogP contribution in [0.5, 0.6) is 5.75 Å². The molecule has 0 unspecified atom stereocenters. The molecule has 11 heteroatoms. The summed E-state index contributed by atoms with van der Waals surface area (Å²) in [7, 11) is 0. The van der Waals surface area contributed by atoms with Gasteiger partial charge in [0.05, 0.1) is 17.7 Å². The van der Waals surface area contributed by atoms with Crippen molar-refractivity contribution in [1.29, 1.82) is 0 Å². The summed E-state index contributed by atoms with van der Waals surface area (Å²) in [6.45, 7) is 10.7. The summed E-state index contributed by atoms with van der Waals surface area (Å²) in [5, 5.41) is 0.274. The Kier molecular flexibility index (Phi) is 7.41. The molecule has 0 saturated carbocycles. The molecule has 1 fully saturated rings. The van der Waals surface area contributed by atoms with Gasteiger partial charge in [-0.3, -0.25) is 9.78 Å². The van der Waals surface area contributed by atoms with E-state index in [1.54, 1.807) is 29.3 Å². The van der Waals surface area contributed by atoms with E-state index in [1.807, 2.05) is 25.7 Å². The predicted octanol–water partition coefficient (Wildman–Crippen LogP) is 4.79. The summed E-state index contributed by atoms with van der Waals surface area (Å²) >= 11 is 0. The molecule has 0 radical (unpaired) electrons. The summed E-state index contributed by atoms with van der Waals surface area (Å²) in [5.41, 5.74) is 0.871. The molecule has 3 aromatic heterocycles. The van der Waals surface area contributed by atoms with E-state index < -0.39 is 17.3 Å². The summed E-state index contributed by atoms with van der Waals surface area (Å²) in [6.07, 6.45) is 3.85. The third kappa shape index (κ3) is 4.92. The number of piperazine rings is 1. The number of nitrogens with zero attached hydrogens (tertiary/aromatic N) is 6. The van der Waals surface area contributed by atoms with Crippen LogP contribution in [0.15, 0.2) is 54.0 Å². The number of fused-ring (bicyclic) bond motifs is 5. The number of aromatic nitrogens is 4. The summed E-state index contributed by atoms with van der Waals surface area (Å²) in [4.78, 5) is 43.7. The van der Waals surface area contributed by atoms with Crippen LogP contribution in [-0.2, 0) is 11.2 Å². The average molecular weight is 587 g/mol. The number of carbonyl (C=O) groups is 1. The molecule has 1 aromatic carbocycles. The van der Waals surface area contributed by atoms with E-state index in [0.717, 1.165) is 0 Å². The minimum Gasteiger partial charge on any atom is -0.491 e. The molecule has 0 N–H and O–H groups in total. The van der Waals surface area contributed by atoms with Gasteiger partial charge in [0.15, 0.2) is 5.65 Å². The molecule has 1 amide bonds. The Bertz CT molecular complexity index is 1820. The standard InChI is InChI=1S/C32H32F2N6O3/c1-5-25(41)38-13-14-39(19(4)17-38)30-21-16-23(34)28-26-20(8-6-10-22(26)33)9-7-15-43-24-11-12-35-27(18(2)3)29(24)40(31(21)36-28)32(42)37-30/h5-6,8,10-12,16,18-19H,1,7,9,13-15,17H2,2-4H3/t19-/m0/s1. The van der Waals surface area contributed by atoms with Gasteiger partial charge in [-0.25, -0.2) is 23.1 Å². The number of ether oxygens (including phenoxy) is 1. The molecule has 5 heterocycles. The monoisotopic (exact) mass is 586 g/mol. The number of amides is 1. The molecular weight excluding hydrogens is 554 g/mol. The van der Waals surface area contributed by atoms with Crippen molar-refractivity contribution in [2.24, 2.45) is 0 Å². The van der Waals surface area contributed by atoms with E-state index >= 15 is 8.78 Å². The molecule has 2 bridgehead atoms. The second kappa shape index (κ2) is 11.2. The Morgan fingerprint density at radius 3 is 2.72 bits per heavy atom. The number of hydrogen-bond donors (Lipinski definition) is 0. The fraction of sp³-hybridized carbons (Fsp3) is 0.344. The van der Waals surface area contributed by atoms with Crippen LogP contribution in [0.2, 0.25) is 0 Å². The van der Waals surface area contributed by atoms with Crippen LogP contribution in [0.25, 0.3) is 28.0 Å². The highest BCUT2D eigenvalue weighted by Gasteiger charge is 2.31. The molecule has 1 atom stereocenters. The Labute approximate surface area is 247 Å². The number of halogens is 2. The van der Waals surface area contributed by atoms with Gasteiger partial charge in [-0.2, -0.15) is 4.98 Å². The van der Waals surface area contributed by atoms with Gasteiger partial charge < -0.3 is 14.5 Å². The van der Waals surface area contributed by atoms with E-state index in [4.69, 9.17) is 9.72 Å². The highest BCUT2D eigenvalue weighted by atomic mass is 19.1. The molecule has 0 aliphatic carbocycles. The van der Waals surface area contributed by atoms with Crippen LogP contribution in [0, 0.1) is 11.6 Å². The van der Waals surface area contributed by atoms with E-state index in [0.29, 0.717) is 55.2 Å². The molecule has 1 saturated heterocycles. The molecule has 2 aliphatic heterocycles. The first-order valence-electron chi connectivity index (χ1n) is 14.4. The number of carbonyl (C=O) groups excluding carboxylic acids is 1. The number of rotatable bonds is 3. The highest BCUT2D eigenvalue weighted by molar-refractivity contribution is 5.91. The Morgan fingerprint density at radius 2 is 1.98 bits per heavy atom. The SMILES string of the molecule is C=CC(=O)N1CCN(c2nc(=O)n3c4nc(c(F)cc24)-c2c(F)cccc2CCCOc2ccnc(C(C)C)c2-3)[C@@H](C)C1. The number of anilines is 1. The minimum absolute atomic E-state index is 0.0558. The Balaban J connectivity index is 1.68. The zero-order valence-corrected chi connectivity index (χ0v) is 24.3. The van der Waals surface area contributed by atoms with Gasteiger partial charge in [-0.1, -0.05) is 32.6 Å². The van der Waals surface area contributed by atoms with Crippen LogP contribution in [0.4, 0.5) is 14.6 Å². The number of benzene rings is 1. The van der Waals surface area contributed by atoms with Crippen molar-refractivity contribution in [2.75, 3.05) is 31.1 Å². The lowest BCUT2D eigenvalue weighted by atomic mass is 9.98. The smallest absolute Gasteiger partial charge is 0.356 e. The average Bonchev–Trinajstić information content (AvgIpc) is 2.98. The third-order valence-corrected chi connectivity index (χ3v) is 8.06. The molecule has 222 valence electrons. The normalized spacial score (nSPS) is 16.7. The molecule has 2 aliphatic rings. The molecule has 43 heavy (non-hydrogen) atoms. The van der Waals surface area contributed by atoms with Crippen molar-refractivity contribution in [1.82, 2.24) is 24.4 Å². The largest absolute Gasteiger partial charge is 0.491 e. The van der Waals surface area contributed by atoms with Gasteiger partial charge in [0.1, 0.15) is 34.6 Å². The fourth-order valence-corrected chi connectivity index (χ4v) is 6.01. The quantitative estimate of drug-likeness (QED) is 0.319. The fourth-order valence-electron chi connectivity index (χ4n) is 6.01. The number of aryl methyl sites for hydroxylation is 1. The lowest BCUT2D eigenvalue weighted by Gasteiger charge is -2.40. The van der Waals surface area contributed by atoms with Gasteiger partial charge in [0.2, 0.25) is 5.91 Å². The first-order valence-corrected chi connectivity index (χ1v) is 14.4.